The smallest absolute Gasteiger partial charge is 0.166 e. The molecule has 0 aromatic heterocycles. The van der Waals surface area contributed by atoms with Crippen LogP contribution >= 0.6 is 47.8 Å². The van der Waals surface area contributed by atoms with Gasteiger partial charge in [0.25, 0.3) is 0 Å². The van der Waals surface area contributed by atoms with Gasteiger partial charge >= 0.3 is 0 Å². The van der Waals surface area contributed by atoms with E-state index in [2.05, 4.69) is 61.6 Å². The molecule has 0 N–H and O–H groups in total. The third-order valence-corrected chi connectivity index (χ3v) is 7.47. The largest absolute Gasteiger partial charge is 0.296 e. The van der Waals surface area contributed by atoms with Gasteiger partial charge in [-0.15, -0.1) is 0 Å². The predicted octanol–water partition coefficient (Wildman–Crippen LogP) is 3.87. The molecule has 0 amide bonds. The number of halogens is 3. The molecule has 2 fully saturated rings. The molecule has 0 heterocycles. The molecular formula is C10H13Br3O. The van der Waals surface area contributed by atoms with Crippen molar-refractivity contribution in [3.63, 3.8) is 0 Å². The first kappa shape index (κ1) is 11.6. The van der Waals surface area contributed by atoms with Crippen molar-refractivity contribution in [2.75, 3.05) is 5.33 Å². The summed E-state index contributed by atoms with van der Waals surface area (Å²) >= 11 is 10.7. The van der Waals surface area contributed by atoms with Crippen LogP contribution in [0.3, 0.4) is 0 Å². The van der Waals surface area contributed by atoms with Crippen LogP contribution in [0.2, 0.25) is 0 Å². The lowest BCUT2D eigenvalue weighted by molar-refractivity contribution is -0.128. The number of fused-ring (bicyclic) bond motifs is 2. The van der Waals surface area contributed by atoms with E-state index in [1.165, 1.54) is 0 Å². The molecule has 0 aromatic carbocycles. The van der Waals surface area contributed by atoms with Gasteiger partial charge < -0.3 is 0 Å². The molecule has 4 heteroatoms. The van der Waals surface area contributed by atoms with Gasteiger partial charge in [0.15, 0.2) is 5.78 Å². The Labute approximate surface area is 110 Å². The Morgan fingerprint density at radius 3 is 2.29 bits per heavy atom. The standard InChI is InChI=1S/C10H13Br3O/c1-8-4-3-6(9(8,2)5-11)10(12,13)7(8)14/h6H,3-5H2,1-2H3/t6-,8-,9-/m1/s1. The molecular weight excluding hydrogens is 376 g/mol. The molecule has 2 saturated carbocycles. The SMILES string of the molecule is C[C@@]12CC[C@@H](C(Br)(Br)C1=O)[C@@]2(C)CBr. The molecule has 14 heavy (non-hydrogen) atoms. The summed E-state index contributed by atoms with van der Waals surface area (Å²) in [5.41, 5.74) is -0.0920. The minimum Gasteiger partial charge on any atom is -0.296 e. The van der Waals surface area contributed by atoms with Gasteiger partial charge in [0.05, 0.1) is 0 Å². The van der Waals surface area contributed by atoms with Crippen molar-refractivity contribution in [2.24, 2.45) is 16.7 Å². The molecule has 2 aliphatic rings. The van der Waals surface area contributed by atoms with Crippen LogP contribution in [0.25, 0.3) is 0 Å². The monoisotopic (exact) mass is 386 g/mol. The molecule has 2 bridgehead atoms. The van der Waals surface area contributed by atoms with E-state index in [1.54, 1.807) is 0 Å². The highest BCUT2D eigenvalue weighted by atomic mass is 79.9. The fourth-order valence-corrected chi connectivity index (χ4v) is 6.50. The van der Waals surface area contributed by atoms with Gasteiger partial charge in [0.1, 0.15) is 3.23 Å². The number of hydrogen-bond acceptors (Lipinski definition) is 1. The van der Waals surface area contributed by atoms with E-state index in [4.69, 9.17) is 0 Å². The zero-order chi connectivity index (χ0) is 10.8. The molecule has 3 atom stereocenters. The molecule has 0 saturated heterocycles. The molecule has 0 aliphatic heterocycles. The lowest BCUT2D eigenvalue weighted by atomic mass is 9.70. The van der Waals surface area contributed by atoms with Gasteiger partial charge in [0.2, 0.25) is 0 Å². The number of rotatable bonds is 1. The van der Waals surface area contributed by atoms with Crippen LogP contribution < -0.4 is 0 Å². The Balaban J connectivity index is 2.56. The average molecular weight is 389 g/mol. The first-order chi connectivity index (χ1) is 6.30. The zero-order valence-corrected chi connectivity index (χ0v) is 13.0. The number of carbonyl (C=O) groups is 1. The summed E-state index contributed by atoms with van der Waals surface area (Å²) in [5.74, 6) is 0.718. The quantitative estimate of drug-likeness (QED) is 0.623. The third-order valence-electron chi connectivity index (χ3n) is 4.48. The van der Waals surface area contributed by atoms with E-state index in [-0.39, 0.29) is 10.8 Å². The number of Topliss-reactive ketones (excluding diaryl/α,β-unsaturated/α-hetero) is 1. The second-order valence-corrected chi connectivity index (χ2v) is 9.05. The van der Waals surface area contributed by atoms with E-state index < -0.39 is 3.23 Å². The predicted molar refractivity (Wildman–Crippen MR) is 68.3 cm³/mol. The van der Waals surface area contributed by atoms with Gasteiger partial charge in [-0.2, -0.15) is 0 Å². The molecule has 0 spiro atoms. The maximum absolute atomic E-state index is 12.3. The van der Waals surface area contributed by atoms with E-state index >= 15 is 0 Å². The molecule has 0 unspecified atom stereocenters. The van der Waals surface area contributed by atoms with Gasteiger partial charge in [-0.1, -0.05) is 61.6 Å². The Morgan fingerprint density at radius 2 is 2.00 bits per heavy atom. The summed E-state index contributed by atoms with van der Waals surface area (Å²) < 4.78 is -0.477. The van der Waals surface area contributed by atoms with Crippen LogP contribution in [0.4, 0.5) is 0 Å². The maximum Gasteiger partial charge on any atom is 0.166 e. The Morgan fingerprint density at radius 1 is 1.43 bits per heavy atom. The van der Waals surface area contributed by atoms with Crippen molar-refractivity contribution in [2.45, 2.75) is 29.9 Å². The summed E-state index contributed by atoms with van der Waals surface area (Å²) in [6.45, 7) is 4.34. The highest BCUT2D eigenvalue weighted by molar-refractivity contribution is 9.26. The molecule has 2 rings (SSSR count). The fraction of sp³-hybridized carbons (Fsp3) is 0.900. The van der Waals surface area contributed by atoms with Gasteiger partial charge in [-0.3, -0.25) is 4.79 Å². The van der Waals surface area contributed by atoms with Crippen LogP contribution in [0, 0.1) is 16.7 Å². The van der Waals surface area contributed by atoms with Crippen molar-refractivity contribution >= 4 is 53.6 Å². The lowest BCUT2D eigenvalue weighted by Gasteiger charge is -2.34. The first-order valence-electron chi connectivity index (χ1n) is 4.79. The van der Waals surface area contributed by atoms with Gasteiger partial charge in [0, 0.05) is 10.7 Å². The van der Waals surface area contributed by atoms with Crippen molar-refractivity contribution in [1.82, 2.24) is 0 Å². The van der Waals surface area contributed by atoms with Crippen molar-refractivity contribution in [1.29, 1.82) is 0 Å². The van der Waals surface area contributed by atoms with Crippen molar-refractivity contribution in [3.8, 4) is 0 Å². The van der Waals surface area contributed by atoms with E-state index in [0.717, 1.165) is 18.2 Å². The molecule has 80 valence electrons. The van der Waals surface area contributed by atoms with Crippen LogP contribution in [0.1, 0.15) is 26.7 Å². The molecule has 2 aliphatic carbocycles. The van der Waals surface area contributed by atoms with E-state index in [9.17, 15) is 4.79 Å². The van der Waals surface area contributed by atoms with Crippen LogP contribution in [0.5, 0.6) is 0 Å². The van der Waals surface area contributed by atoms with Crippen molar-refractivity contribution < 1.29 is 4.79 Å². The van der Waals surface area contributed by atoms with Crippen LogP contribution in [0.15, 0.2) is 0 Å². The summed E-state index contributed by atoms with van der Waals surface area (Å²) in [5, 5.41) is 0.895. The topological polar surface area (TPSA) is 17.1 Å². The maximum atomic E-state index is 12.3. The van der Waals surface area contributed by atoms with Gasteiger partial charge in [-0.05, 0) is 24.2 Å². The number of carbonyl (C=O) groups excluding carboxylic acids is 1. The number of ketones is 1. The molecule has 1 nitrogen and oxygen atoms in total. The summed E-state index contributed by atoms with van der Waals surface area (Å²) in [6.07, 6.45) is 2.15. The van der Waals surface area contributed by atoms with Crippen molar-refractivity contribution in [3.05, 3.63) is 0 Å². The molecule has 0 aromatic rings. The Hall–Kier alpha value is 1.11. The second kappa shape index (κ2) is 3.07. The fourth-order valence-electron chi connectivity index (χ4n) is 3.14. The second-order valence-electron chi connectivity index (χ2n) is 4.93. The van der Waals surface area contributed by atoms with Crippen LogP contribution in [-0.2, 0) is 4.79 Å². The normalized spacial score (nSPS) is 50.1. The summed E-state index contributed by atoms with van der Waals surface area (Å²) in [7, 11) is 0. The highest BCUT2D eigenvalue weighted by Crippen LogP contribution is 2.71. The Kier molecular flexibility index (Phi) is 2.54. The zero-order valence-electron chi connectivity index (χ0n) is 8.24. The minimum absolute atomic E-state index is 0.0804. The van der Waals surface area contributed by atoms with E-state index in [0.29, 0.717) is 11.7 Å². The highest BCUT2D eigenvalue weighted by Gasteiger charge is 2.72. The lowest BCUT2D eigenvalue weighted by Crippen LogP contribution is -2.38. The minimum atomic E-state index is -0.477. The van der Waals surface area contributed by atoms with Gasteiger partial charge in [-0.25, -0.2) is 0 Å². The third kappa shape index (κ3) is 1.03. The summed E-state index contributed by atoms with van der Waals surface area (Å²) in [4.78, 5) is 12.3. The Bertz CT molecular complexity index is 302. The first-order valence-corrected chi connectivity index (χ1v) is 7.50. The summed E-state index contributed by atoms with van der Waals surface area (Å²) in [6, 6.07) is 0. The van der Waals surface area contributed by atoms with E-state index in [1.807, 2.05) is 0 Å². The number of alkyl halides is 3. The molecule has 0 radical (unpaired) electrons. The van der Waals surface area contributed by atoms with Crippen LogP contribution in [-0.4, -0.2) is 14.3 Å². The number of hydrogen-bond donors (Lipinski definition) is 0. The average Bonchev–Trinajstić information content (AvgIpc) is 2.44.